The number of thioether (sulfide) groups is 1. The summed E-state index contributed by atoms with van der Waals surface area (Å²) < 4.78 is 8.12. The number of hydrogen-bond donors (Lipinski definition) is 1. The van der Waals surface area contributed by atoms with Crippen LogP contribution in [0, 0.1) is 6.92 Å². The van der Waals surface area contributed by atoms with Crippen molar-refractivity contribution in [1.82, 2.24) is 20.2 Å². The monoisotopic (exact) mass is 535 g/mol. The van der Waals surface area contributed by atoms with E-state index in [-0.39, 0.29) is 11.7 Å². The number of halogens is 1. The summed E-state index contributed by atoms with van der Waals surface area (Å²) in [4.78, 5) is 12.4. The molecule has 172 valence electrons. The van der Waals surface area contributed by atoms with E-state index >= 15 is 0 Å². The fourth-order valence-corrected chi connectivity index (χ4v) is 4.26. The van der Waals surface area contributed by atoms with Gasteiger partial charge in [0.25, 0.3) is 5.91 Å². The molecule has 0 unspecified atom stereocenters. The van der Waals surface area contributed by atoms with Crippen LogP contribution in [0.5, 0.6) is 5.75 Å². The van der Waals surface area contributed by atoms with Crippen molar-refractivity contribution >= 4 is 39.8 Å². The Bertz CT molecular complexity index is 1300. The maximum absolute atomic E-state index is 12.4. The zero-order valence-electron chi connectivity index (χ0n) is 18.6. The molecule has 0 saturated carbocycles. The van der Waals surface area contributed by atoms with Crippen LogP contribution in [-0.2, 0) is 4.79 Å². The lowest BCUT2D eigenvalue weighted by Gasteiger charge is -2.11. The molecule has 0 atom stereocenters. The van der Waals surface area contributed by atoms with E-state index in [0.29, 0.717) is 11.0 Å². The molecule has 4 aromatic rings. The third-order valence-corrected chi connectivity index (χ3v) is 6.56. The lowest BCUT2D eigenvalue weighted by Crippen LogP contribution is -2.20. The van der Waals surface area contributed by atoms with Crippen LogP contribution in [0.15, 0.2) is 87.5 Å². The number of carbonyl (C=O) groups excluding carboxylic acids is 1. The third kappa shape index (κ3) is 5.73. The summed E-state index contributed by atoms with van der Waals surface area (Å²) in [6.07, 6.45) is 1.60. The fourth-order valence-electron chi connectivity index (χ4n) is 3.13. The van der Waals surface area contributed by atoms with Crippen molar-refractivity contribution in [1.29, 1.82) is 0 Å². The van der Waals surface area contributed by atoms with Crippen molar-refractivity contribution in [3.8, 4) is 22.8 Å². The van der Waals surface area contributed by atoms with E-state index in [9.17, 15) is 4.79 Å². The van der Waals surface area contributed by atoms with Crippen molar-refractivity contribution in [2.75, 3.05) is 12.9 Å². The molecule has 0 aliphatic carbocycles. The zero-order chi connectivity index (χ0) is 23.9. The van der Waals surface area contributed by atoms with Gasteiger partial charge >= 0.3 is 0 Å². The van der Waals surface area contributed by atoms with Crippen LogP contribution in [0.4, 0.5) is 0 Å². The van der Waals surface area contributed by atoms with Gasteiger partial charge in [-0.1, -0.05) is 63.6 Å². The van der Waals surface area contributed by atoms with Gasteiger partial charge < -0.3 is 4.74 Å². The predicted octanol–water partition coefficient (Wildman–Crippen LogP) is 5.26. The first kappa shape index (κ1) is 23.7. The smallest absolute Gasteiger partial charge is 0.250 e. The van der Waals surface area contributed by atoms with Crippen LogP contribution in [0.1, 0.15) is 11.1 Å². The molecule has 1 amide bonds. The number of methoxy groups -OCH3 is 1. The van der Waals surface area contributed by atoms with Crippen molar-refractivity contribution < 1.29 is 9.53 Å². The van der Waals surface area contributed by atoms with Gasteiger partial charge in [-0.3, -0.25) is 9.36 Å². The standard InChI is InChI=1S/C25H22BrN5O2S/c1-17-7-11-20(12-8-17)31-24(18-9-13-21(33-2)14-10-18)29-30-25(31)34-16-23(32)28-27-15-19-5-3-4-6-22(19)26/h3-15H,16H2,1-2H3,(H,28,32). The first-order valence-corrected chi connectivity index (χ1v) is 12.2. The van der Waals surface area contributed by atoms with Gasteiger partial charge in [-0.2, -0.15) is 5.10 Å². The van der Waals surface area contributed by atoms with Gasteiger partial charge in [0.05, 0.1) is 19.1 Å². The Balaban J connectivity index is 1.53. The topological polar surface area (TPSA) is 81.4 Å². The van der Waals surface area contributed by atoms with Crippen LogP contribution in [0.25, 0.3) is 17.1 Å². The molecule has 1 aromatic heterocycles. The highest BCUT2D eigenvalue weighted by molar-refractivity contribution is 9.10. The first-order chi connectivity index (χ1) is 16.5. The zero-order valence-corrected chi connectivity index (χ0v) is 21.0. The molecule has 3 aromatic carbocycles. The summed E-state index contributed by atoms with van der Waals surface area (Å²) in [5, 5.41) is 13.4. The van der Waals surface area contributed by atoms with Crippen LogP contribution in [0.3, 0.4) is 0 Å². The number of nitrogens with one attached hydrogen (secondary N) is 1. The molecule has 1 heterocycles. The van der Waals surface area contributed by atoms with E-state index in [0.717, 1.165) is 32.6 Å². The van der Waals surface area contributed by atoms with Crippen molar-refractivity contribution in [3.05, 3.63) is 88.4 Å². The highest BCUT2D eigenvalue weighted by atomic mass is 79.9. The van der Waals surface area contributed by atoms with Crippen molar-refractivity contribution in [2.45, 2.75) is 12.1 Å². The van der Waals surface area contributed by atoms with Gasteiger partial charge in [0.15, 0.2) is 11.0 Å². The van der Waals surface area contributed by atoms with E-state index in [1.165, 1.54) is 11.8 Å². The Kier molecular flexibility index (Phi) is 7.76. The quantitative estimate of drug-likeness (QED) is 0.189. The predicted molar refractivity (Wildman–Crippen MR) is 139 cm³/mol. The second-order valence-corrected chi connectivity index (χ2v) is 9.11. The molecule has 0 bridgehead atoms. The van der Waals surface area contributed by atoms with Gasteiger partial charge in [-0.05, 0) is 49.4 Å². The third-order valence-electron chi connectivity index (χ3n) is 4.90. The molecular weight excluding hydrogens is 514 g/mol. The van der Waals surface area contributed by atoms with Gasteiger partial charge in [0.2, 0.25) is 0 Å². The van der Waals surface area contributed by atoms with Crippen molar-refractivity contribution in [2.24, 2.45) is 5.10 Å². The molecule has 1 N–H and O–H groups in total. The lowest BCUT2D eigenvalue weighted by molar-refractivity contribution is -0.118. The molecule has 4 rings (SSSR count). The lowest BCUT2D eigenvalue weighted by atomic mass is 10.2. The van der Waals surface area contributed by atoms with E-state index in [1.807, 2.05) is 84.3 Å². The summed E-state index contributed by atoms with van der Waals surface area (Å²) in [6.45, 7) is 2.04. The van der Waals surface area contributed by atoms with Crippen LogP contribution < -0.4 is 10.2 Å². The van der Waals surface area contributed by atoms with Crippen LogP contribution >= 0.6 is 27.7 Å². The maximum atomic E-state index is 12.4. The Hall–Kier alpha value is -3.43. The minimum Gasteiger partial charge on any atom is -0.497 e. The number of hydrogen-bond acceptors (Lipinski definition) is 6. The number of hydrazone groups is 1. The highest BCUT2D eigenvalue weighted by Gasteiger charge is 2.17. The molecule has 0 aliphatic rings. The van der Waals surface area contributed by atoms with E-state index < -0.39 is 0 Å². The first-order valence-electron chi connectivity index (χ1n) is 10.4. The second-order valence-electron chi connectivity index (χ2n) is 7.31. The number of benzene rings is 3. The Morgan fingerprint density at radius 3 is 2.53 bits per heavy atom. The number of nitrogens with zero attached hydrogens (tertiary/aromatic N) is 4. The number of rotatable bonds is 8. The average Bonchev–Trinajstić information content (AvgIpc) is 3.28. The maximum Gasteiger partial charge on any atom is 0.250 e. The number of aryl methyl sites for hydroxylation is 1. The Morgan fingerprint density at radius 2 is 1.82 bits per heavy atom. The highest BCUT2D eigenvalue weighted by Crippen LogP contribution is 2.29. The minimum absolute atomic E-state index is 0.139. The summed E-state index contributed by atoms with van der Waals surface area (Å²) in [6, 6.07) is 23.4. The number of amides is 1. The summed E-state index contributed by atoms with van der Waals surface area (Å²) in [5.41, 5.74) is 6.39. The molecule has 34 heavy (non-hydrogen) atoms. The van der Waals surface area contributed by atoms with E-state index in [1.54, 1.807) is 13.3 Å². The largest absolute Gasteiger partial charge is 0.497 e. The molecular formula is C25H22BrN5O2S. The van der Waals surface area contributed by atoms with Crippen molar-refractivity contribution in [3.63, 3.8) is 0 Å². The number of carbonyl (C=O) groups is 1. The molecule has 0 fully saturated rings. The van der Waals surface area contributed by atoms with E-state index in [2.05, 4.69) is 36.7 Å². The van der Waals surface area contributed by atoms with Gasteiger partial charge in [0, 0.05) is 21.3 Å². The summed E-state index contributed by atoms with van der Waals surface area (Å²) in [7, 11) is 1.63. The van der Waals surface area contributed by atoms with Gasteiger partial charge in [-0.25, -0.2) is 5.43 Å². The Labute approximate surface area is 210 Å². The van der Waals surface area contributed by atoms with Crippen LogP contribution in [-0.4, -0.2) is 39.7 Å². The minimum atomic E-state index is -0.238. The average molecular weight is 536 g/mol. The molecule has 0 radical (unpaired) electrons. The summed E-state index contributed by atoms with van der Waals surface area (Å²) in [5.74, 6) is 1.35. The second kappa shape index (κ2) is 11.1. The molecule has 0 aliphatic heterocycles. The normalized spacial score (nSPS) is 11.0. The summed E-state index contributed by atoms with van der Waals surface area (Å²) >= 11 is 4.75. The van der Waals surface area contributed by atoms with Gasteiger partial charge in [-0.15, -0.1) is 10.2 Å². The SMILES string of the molecule is COc1ccc(-c2nnc(SCC(=O)NN=Cc3ccccc3Br)n2-c2ccc(C)cc2)cc1. The molecule has 9 heteroatoms. The van der Waals surface area contributed by atoms with Gasteiger partial charge in [0.1, 0.15) is 5.75 Å². The molecule has 0 saturated heterocycles. The number of aromatic nitrogens is 3. The van der Waals surface area contributed by atoms with Crippen LogP contribution in [0.2, 0.25) is 0 Å². The molecule has 7 nitrogen and oxygen atoms in total. The molecule has 0 spiro atoms. The fraction of sp³-hybridized carbons (Fsp3) is 0.120. The number of ether oxygens (including phenoxy) is 1. The van der Waals surface area contributed by atoms with E-state index in [4.69, 9.17) is 4.74 Å². The Morgan fingerprint density at radius 1 is 1.09 bits per heavy atom.